The zero-order chi connectivity index (χ0) is 14.1. The molecule has 0 aromatic carbocycles. The fraction of sp³-hybridized carbons (Fsp3) is 0.333. The van der Waals surface area contributed by atoms with Crippen molar-refractivity contribution >= 4 is 5.91 Å². The van der Waals surface area contributed by atoms with Gasteiger partial charge < -0.3 is 11.5 Å². The first-order chi connectivity index (χ1) is 8.18. The average molecular weight is 269 g/mol. The zero-order valence-corrected chi connectivity index (χ0v) is 8.76. The number of carbonyl (C=O) groups is 1. The molecule has 0 fully saturated rings. The number of rotatable bonds is 3. The van der Waals surface area contributed by atoms with Crippen molar-refractivity contribution in [2.24, 2.45) is 11.5 Å². The summed E-state index contributed by atoms with van der Waals surface area (Å²) in [5.41, 5.74) is 5.43. The van der Waals surface area contributed by atoms with E-state index in [1.807, 2.05) is 0 Å². The van der Waals surface area contributed by atoms with Crippen LogP contribution in [0.1, 0.15) is 33.7 Å². The van der Waals surface area contributed by atoms with E-state index < -0.39 is 47.6 Å². The molecule has 1 aromatic heterocycles. The number of nitrogens with zero attached hydrogens (tertiary/aromatic N) is 1. The van der Waals surface area contributed by atoms with Crippen molar-refractivity contribution in [3.63, 3.8) is 0 Å². The fourth-order valence-corrected chi connectivity index (χ4v) is 1.36. The van der Waals surface area contributed by atoms with Gasteiger partial charge in [0.05, 0.1) is 5.56 Å². The summed E-state index contributed by atoms with van der Waals surface area (Å²) < 4.78 is 63.0. The van der Waals surface area contributed by atoms with Gasteiger partial charge >= 0.3 is 6.18 Å². The Hall–Kier alpha value is -1.77. The highest BCUT2D eigenvalue weighted by atomic mass is 19.4. The van der Waals surface area contributed by atoms with Crippen LogP contribution in [0, 0.1) is 0 Å². The Balaban J connectivity index is 3.62. The molecule has 4 nitrogen and oxygen atoms in total. The van der Waals surface area contributed by atoms with Gasteiger partial charge in [0.1, 0.15) is 5.69 Å². The van der Waals surface area contributed by atoms with Crippen LogP contribution in [0.15, 0.2) is 6.07 Å². The SMILES string of the molecule is NCc1cc(C(N)=O)nc(C(F)(F)F)c1C(F)F. The molecule has 0 radical (unpaired) electrons. The molecule has 1 amide bonds. The topological polar surface area (TPSA) is 82.0 Å². The largest absolute Gasteiger partial charge is 0.433 e. The molecule has 0 spiro atoms. The molecule has 1 aromatic rings. The monoisotopic (exact) mass is 269 g/mol. The maximum Gasteiger partial charge on any atom is 0.433 e. The highest BCUT2D eigenvalue weighted by Gasteiger charge is 2.39. The zero-order valence-electron chi connectivity index (χ0n) is 8.76. The number of halogens is 5. The van der Waals surface area contributed by atoms with Gasteiger partial charge in [-0.3, -0.25) is 4.79 Å². The van der Waals surface area contributed by atoms with E-state index in [1.165, 1.54) is 0 Å². The number of nitrogens with two attached hydrogens (primary N) is 2. The number of amides is 1. The van der Waals surface area contributed by atoms with Gasteiger partial charge in [0, 0.05) is 6.54 Å². The van der Waals surface area contributed by atoms with Crippen molar-refractivity contribution in [3.8, 4) is 0 Å². The summed E-state index contributed by atoms with van der Waals surface area (Å²) in [6, 6.07) is 0.735. The Morgan fingerprint density at radius 2 is 1.94 bits per heavy atom. The minimum absolute atomic E-state index is 0.513. The molecule has 0 bridgehead atoms. The van der Waals surface area contributed by atoms with Gasteiger partial charge in [-0.15, -0.1) is 0 Å². The number of hydrogen-bond donors (Lipinski definition) is 2. The third kappa shape index (κ3) is 2.73. The highest BCUT2D eigenvalue weighted by Crippen LogP contribution is 2.37. The van der Waals surface area contributed by atoms with Crippen LogP contribution in [0.3, 0.4) is 0 Å². The number of aromatic nitrogens is 1. The molecule has 9 heteroatoms. The Morgan fingerprint density at radius 3 is 2.28 bits per heavy atom. The van der Waals surface area contributed by atoms with Crippen LogP contribution in [0.4, 0.5) is 22.0 Å². The van der Waals surface area contributed by atoms with Crippen molar-refractivity contribution < 1.29 is 26.7 Å². The normalized spacial score (nSPS) is 11.9. The third-order valence-electron chi connectivity index (χ3n) is 2.10. The predicted molar refractivity (Wildman–Crippen MR) is 50.6 cm³/mol. The van der Waals surface area contributed by atoms with Crippen LogP contribution in [0.5, 0.6) is 0 Å². The summed E-state index contributed by atoms with van der Waals surface area (Å²) in [6.07, 6.45) is -8.53. The smallest absolute Gasteiger partial charge is 0.364 e. The summed E-state index contributed by atoms with van der Waals surface area (Å²) in [5.74, 6) is -1.25. The van der Waals surface area contributed by atoms with E-state index in [1.54, 1.807) is 0 Å². The molecule has 4 N–H and O–H groups in total. The second-order valence-corrected chi connectivity index (χ2v) is 3.30. The molecule has 0 saturated carbocycles. The molecule has 1 heterocycles. The minimum Gasteiger partial charge on any atom is -0.364 e. The summed E-state index contributed by atoms with van der Waals surface area (Å²) >= 11 is 0. The van der Waals surface area contributed by atoms with Crippen LogP contribution >= 0.6 is 0 Å². The standard InChI is InChI=1S/C9H8F5N3O/c10-7(11)5-3(2-15)1-4(8(16)18)17-6(5)9(12,13)14/h1,7H,2,15H2,(H2,16,18). The molecule has 100 valence electrons. The molecule has 0 unspecified atom stereocenters. The lowest BCUT2D eigenvalue weighted by Crippen LogP contribution is -2.22. The fourth-order valence-electron chi connectivity index (χ4n) is 1.36. The molecule has 1 rings (SSSR count). The average Bonchev–Trinajstić information content (AvgIpc) is 2.25. The molecule has 0 aliphatic carbocycles. The van der Waals surface area contributed by atoms with E-state index in [0.717, 1.165) is 6.07 Å². The number of hydrogen-bond acceptors (Lipinski definition) is 3. The quantitative estimate of drug-likeness (QED) is 0.817. The molecule has 0 atom stereocenters. The minimum atomic E-state index is -5.12. The lowest BCUT2D eigenvalue weighted by atomic mass is 10.0. The summed E-state index contributed by atoms with van der Waals surface area (Å²) in [5, 5.41) is 0. The molecule has 0 aliphatic heterocycles. The van der Waals surface area contributed by atoms with Crippen molar-refractivity contribution in [3.05, 3.63) is 28.6 Å². The first-order valence-electron chi connectivity index (χ1n) is 4.57. The highest BCUT2D eigenvalue weighted by molar-refractivity contribution is 5.91. The lowest BCUT2D eigenvalue weighted by Gasteiger charge is -2.15. The van der Waals surface area contributed by atoms with Crippen LogP contribution in [-0.2, 0) is 12.7 Å². The Bertz CT molecular complexity index is 472. The molecular weight excluding hydrogens is 261 g/mol. The van der Waals surface area contributed by atoms with Gasteiger partial charge in [0.25, 0.3) is 12.3 Å². The number of primary amides is 1. The Kier molecular flexibility index (Phi) is 3.85. The van der Waals surface area contributed by atoms with Crippen LogP contribution in [0.25, 0.3) is 0 Å². The second kappa shape index (κ2) is 4.84. The molecule has 18 heavy (non-hydrogen) atoms. The van der Waals surface area contributed by atoms with Gasteiger partial charge in [0.2, 0.25) is 0 Å². The van der Waals surface area contributed by atoms with Crippen LogP contribution in [0.2, 0.25) is 0 Å². The molecule has 0 saturated heterocycles. The van der Waals surface area contributed by atoms with E-state index in [-0.39, 0.29) is 0 Å². The van der Waals surface area contributed by atoms with Gasteiger partial charge in [-0.2, -0.15) is 13.2 Å². The van der Waals surface area contributed by atoms with Gasteiger partial charge in [-0.25, -0.2) is 13.8 Å². The number of alkyl halides is 5. The van der Waals surface area contributed by atoms with Crippen LogP contribution < -0.4 is 11.5 Å². The van der Waals surface area contributed by atoms with Crippen LogP contribution in [-0.4, -0.2) is 10.9 Å². The van der Waals surface area contributed by atoms with Crippen molar-refractivity contribution in [1.29, 1.82) is 0 Å². The first-order valence-corrected chi connectivity index (χ1v) is 4.57. The van der Waals surface area contributed by atoms with Crippen molar-refractivity contribution in [2.75, 3.05) is 0 Å². The second-order valence-electron chi connectivity index (χ2n) is 3.30. The molecular formula is C9H8F5N3O. The maximum absolute atomic E-state index is 12.6. The van der Waals surface area contributed by atoms with E-state index in [4.69, 9.17) is 11.5 Å². The van der Waals surface area contributed by atoms with E-state index in [9.17, 15) is 26.7 Å². The van der Waals surface area contributed by atoms with Gasteiger partial charge in [-0.1, -0.05) is 0 Å². The van der Waals surface area contributed by atoms with Gasteiger partial charge in [-0.05, 0) is 11.6 Å². The van der Waals surface area contributed by atoms with E-state index in [2.05, 4.69) is 4.98 Å². The maximum atomic E-state index is 12.6. The Labute approximate surface area is 97.8 Å². The summed E-state index contributed by atoms with van der Waals surface area (Å²) in [6.45, 7) is -0.592. The van der Waals surface area contributed by atoms with E-state index in [0.29, 0.717) is 0 Å². The Morgan fingerprint density at radius 1 is 1.39 bits per heavy atom. The number of pyridine rings is 1. The summed E-state index contributed by atoms with van der Waals surface area (Å²) in [7, 11) is 0. The first kappa shape index (κ1) is 14.3. The predicted octanol–water partition coefficient (Wildman–Crippen LogP) is 1.60. The third-order valence-corrected chi connectivity index (χ3v) is 2.10. The van der Waals surface area contributed by atoms with Crippen molar-refractivity contribution in [1.82, 2.24) is 4.98 Å². The van der Waals surface area contributed by atoms with E-state index >= 15 is 0 Å². The van der Waals surface area contributed by atoms with Crippen molar-refractivity contribution in [2.45, 2.75) is 19.1 Å². The molecule has 0 aliphatic rings. The van der Waals surface area contributed by atoms with Gasteiger partial charge in [0.15, 0.2) is 5.69 Å². The lowest BCUT2D eigenvalue weighted by molar-refractivity contribution is -0.143. The number of carbonyl (C=O) groups excluding carboxylic acids is 1. The summed E-state index contributed by atoms with van der Waals surface area (Å²) in [4.78, 5) is 13.6.